The number of benzene rings is 3. The molecule has 0 aliphatic heterocycles. The van der Waals surface area contributed by atoms with Gasteiger partial charge in [0.1, 0.15) is 11.6 Å². The van der Waals surface area contributed by atoms with E-state index in [1.54, 1.807) is 41.0 Å². The van der Waals surface area contributed by atoms with Gasteiger partial charge in [0, 0.05) is 31.7 Å². The second-order valence-corrected chi connectivity index (χ2v) is 9.25. The summed E-state index contributed by atoms with van der Waals surface area (Å²) in [4.78, 5) is 6.04. The summed E-state index contributed by atoms with van der Waals surface area (Å²) in [6.07, 6.45) is -3.12. The summed E-state index contributed by atoms with van der Waals surface area (Å²) in [5.41, 5.74) is 1.52. The van der Waals surface area contributed by atoms with E-state index in [0.29, 0.717) is 37.4 Å². The maximum absolute atomic E-state index is 14.4. The van der Waals surface area contributed by atoms with Gasteiger partial charge in [-0.3, -0.25) is 4.90 Å². The van der Waals surface area contributed by atoms with Gasteiger partial charge in [0.25, 0.3) is 0 Å². The Kier molecular flexibility index (Phi) is 9.35. The number of hydrogen-bond donors (Lipinski definition) is 0. The van der Waals surface area contributed by atoms with Gasteiger partial charge in [0.05, 0.1) is 5.69 Å². The zero-order chi connectivity index (χ0) is 27.8. The van der Waals surface area contributed by atoms with E-state index in [1.165, 1.54) is 12.1 Å². The Balaban J connectivity index is 1.74. The highest BCUT2D eigenvalue weighted by Crippen LogP contribution is 2.36. The lowest BCUT2D eigenvalue weighted by atomic mass is 10.1. The van der Waals surface area contributed by atoms with Gasteiger partial charge >= 0.3 is 12.8 Å². The third-order valence-electron chi connectivity index (χ3n) is 6.29. The van der Waals surface area contributed by atoms with Crippen molar-refractivity contribution < 1.29 is 26.7 Å². The molecule has 0 aliphatic rings. The third-order valence-corrected chi connectivity index (χ3v) is 6.29. The Morgan fingerprint density at radius 3 is 1.97 bits per heavy atom. The highest BCUT2D eigenvalue weighted by atomic mass is 19.4. The quantitative estimate of drug-likeness (QED) is 0.169. The lowest BCUT2D eigenvalue weighted by molar-refractivity contribution is -0.141. The van der Waals surface area contributed by atoms with E-state index in [9.17, 15) is 22.0 Å². The molecule has 0 bridgehead atoms. The van der Waals surface area contributed by atoms with Crippen molar-refractivity contribution in [1.29, 1.82) is 0 Å². The fourth-order valence-electron chi connectivity index (χ4n) is 4.49. The zero-order valence-electron chi connectivity index (χ0n) is 21.5. The van der Waals surface area contributed by atoms with Crippen LogP contribution in [0.1, 0.15) is 42.3 Å². The predicted octanol–water partition coefficient (Wildman–Crippen LogP) is 8.17. The van der Waals surface area contributed by atoms with Crippen molar-refractivity contribution in [1.82, 2.24) is 14.5 Å². The maximum atomic E-state index is 14.4. The molecular weight excluding hydrogens is 513 g/mol. The first kappa shape index (κ1) is 28.3. The van der Waals surface area contributed by atoms with Gasteiger partial charge in [-0.1, -0.05) is 86.1 Å². The van der Waals surface area contributed by atoms with Crippen LogP contribution >= 0.6 is 0 Å². The van der Waals surface area contributed by atoms with Crippen molar-refractivity contribution in [2.75, 3.05) is 0 Å². The summed E-state index contributed by atoms with van der Waals surface area (Å²) in [6, 6.07) is 24.5. The van der Waals surface area contributed by atoms with Crippen LogP contribution in [0.2, 0.25) is 0 Å². The zero-order valence-corrected chi connectivity index (χ0v) is 21.5. The van der Waals surface area contributed by atoms with Crippen LogP contribution in [0.5, 0.6) is 5.75 Å². The molecule has 0 radical (unpaired) electrons. The molecule has 4 aromatic rings. The molecule has 0 aliphatic carbocycles. The van der Waals surface area contributed by atoms with E-state index in [-0.39, 0.29) is 18.0 Å². The van der Waals surface area contributed by atoms with Crippen molar-refractivity contribution in [2.24, 2.45) is 0 Å². The number of halogens is 5. The van der Waals surface area contributed by atoms with Gasteiger partial charge in [0.15, 0.2) is 5.69 Å². The highest BCUT2D eigenvalue weighted by molar-refractivity contribution is 5.57. The third kappa shape index (κ3) is 7.66. The molecule has 1 aromatic heterocycles. The van der Waals surface area contributed by atoms with Crippen LogP contribution in [0, 0.1) is 0 Å². The summed E-state index contributed by atoms with van der Waals surface area (Å²) in [7, 11) is 0. The van der Waals surface area contributed by atoms with Gasteiger partial charge in [-0.2, -0.15) is 22.0 Å². The van der Waals surface area contributed by atoms with E-state index in [1.807, 2.05) is 48.2 Å². The van der Waals surface area contributed by atoms with Crippen LogP contribution in [-0.2, 0) is 32.4 Å². The minimum atomic E-state index is -4.64. The maximum Gasteiger partial charge on any atom is 0.435 e. The van der Waals surface area contributed by atoms with Crippen molar-refractivity contribution in [3.8, 4) is 17.1 Å². The van der Waals surface area contributed by atoms with E-state index >= 15 is 0 Å². The van der Waals surface area contributed by atoms with Gasteiger partial charge < -0.3 is 9.30 Å². The fraction of sp³-hybridized carbons (Fsp3) is 0.300. The number of nitrogens with zero attached hydrogens (tertiary/aromatic N) is 3. The smallest absolute Gasteiger partial charge is 0.435 e. The minimum absolute atomic E-state index is 0.0113. The Hall–Kier alpha value is -3.72. The van der Waals surface area contributed by atoms with Crippen molar-refractivity contribution in [3.05, 3.63) is 107 Å². The first-order chi connectivity index (χ1) is 18.7. The van der Waals surface area contributed by atoms with Crippen LogP contribution in [0.25, 0.3) is 11.4 Å². The number of unbranched alkanes of at least 4 members (excludes halogenated alkanes) is 1. The van der Waals surface area contributed by atoms with Crippen molar-refractivity contribution in [3.63, 3.8) is 0 Å². The summed E-state index contributed by atoms with van der Waals surface area (Å²) < 4.78 is 74.4. The molecule has 4 rings (SSSR count). The van der Waals surface area contributed by atoms with Crippen LogP contribution in [0.3, 0.4) is 0 Å². The molecule has 0 fully saturated rings. The molecule has 0 atom stereocenters. The van der Waals surface area contributed by atoms with Gasteiger partial charge in [0.2, 0.25) is 0 Å². The first-order valence-electron chi connectivity index (χ1n) is 12.8. The van der Waals surface area contributed by atoms with Crippen molar-refractivity contribution in [2.45, 2.75) is 58.7 Å². The Bertz CT molecular complexity index is 1310. The van der Waals surface area contributed by atoms with Crippen LogP contribution in [-0.4, -0.2) is 21.1 Å². The topological polar surface area (TPSA) is 30.3 Å². The normalized spacial score (nSPS) is 11.9. The van der Waals surface area contributed by atoms with Crippen LogP contribution < -0.4 is 4.74 Å². The van der Waals surface area contributed by atoms with E-state index in [0.717, 1.165) is 17.5 Å². The average molecular weight is 544 g/mol. The molecule has 206 valence electrons. The van der Waals surface area contributed by atoms with Gasteiger partial charge in [-0.05, 0) is 29.7 Å². The number of aromatic nitrogens is 2. The first-order valence-corrected chi connectivity index (χ1v) is 12.8. The largest absolute Gasteiger partial charge is 0.435 e. The summed E-state index contributed by atoms with van der Waals surface area (Å²) in [6.45, 7) is 0.120. The molecule has 9 heteroatoms. The average Bonchev–Trinajstić information content (AvgIpc) is 3.28. The SMILES string of the molecule is CCCCn1c(-c2ccccc2)nc(C(F)(F)F)c1CN(Cc1ccccc1)Cc1ccc(OC(F)F)cc1. The molecule has 0 saturated carbocycles. The number of hydrogen-bond acceptors (Lipinski definition) is 3. The number of alkyl halides is 5. The van der Waals surface area contributed by atoms with Gasteiger partial charge in [-0.15, -0.1) is 0 Å². The van der Waals surface area contributed by atoms with E-state index < -0.39 is 18.5 Å². The Morgan fingerprint density at radius 1 is 0.821 bits per heavy atom. The van der Waals surface area contributed by atoms with E-state index in [2.05, 4.69) is 9.72 Å². The van der Waals surface area contributed by atoms with Crippen LogP contribution in [0.15, 0.2) is 84.9 Å². The molecule has 0 N–H and O–H groups in total. The second-order valence-electron chi connectivity index (χ2n) is 9.25. The molecule has 0 saturated heterocycles. The monoisotopic (exact) mass is 543 g/mol. The molecule has 4 nitrogen and oxygen atoms in total. The van der Waals surface area contributed by atoms with E-state index in [4.69, 9.17) is 0 Å². The lowest BCUT2D eigenvalue weighted by Gasteiger charge is -2.25. The van der Waals surface area contributed by atoms with Crippen LogP contribution in [0.4, 0.5) is 22.0 Å². The minimum Gasteiger partial charge on any atom is -0.435 e. The molecule has 1 heterocycles. The molecule has 39 heavy (non-hydrogen) atoms. The highest BCUT2D eigenvalue weighted by Gasteiger charge is 2.39. The molecule has 3 aromatic carbocycles. The molecule has 0 unspecified atom stereocenters. The van der Waals surface area contributed by atoms with Crippen molar-refractivity contribution >= 4 is 0 Å². The molecule has 0 spiro atoms. The summed E-state index contributed by atoms with van der Waals surface area (Å²) >= 11 is 0. The Labute approximate surface area is 224 Å². The van der Waals surface area contributed by atoms with Gasteiger partial charge in [-0.25, -0.2) is 4.98 Å². The Morgan fingerprint density at radius 2 is 1.41 bits per heavy atom. The number of rotatable bonds is 12. The predicted molar refractivity (Wildman–Crippen MR) is 140 cm³/mol. The standard InChI is InChI=1S/C30H30F5N3O/c1-2-3-18-38-26(27(30(33,34)35)36-28(38)24-12-8-5-9-13-24)21-37(19-22-10-6-4-7-11-22)20-23-14-16-25(17-15-23)39-29(31)32/h4-17,29H,2-3,18-21H2,1H3. The summed E-state index contributed by atoms with van der Waals surface area (Å²) in [5.74, 6) is 0.312. The number of imidazole rings is 1. The molecular formula is C30H30F5N3O. The second kappa shape index (κ2) is 12.9. The lowest BCUT2D eigenvalue weighted by Crippen LogP contribution is -2.26. The number of ether oxygens (including phenoxy) is 1. The fourth-order valence-corrected chi connectivity index (χ4v) is 4.49. The summed E-state index contributed by atoms with van der Waals surface area (Å²) in [5, 5.41) is 0. The molecule has 0 amide bonds.